The molecule has 0 unspecified atom stereocenters. The van der Waals surface area contributed by atoms with Crippen LogP contribution in [0.15, 0.2) is 23.4 Å². The maximum absolute atomic E-state index is 13.1. The number of aromatic nitrogens is 1. The third-order valence-corrected chi connectivity index (χ3v) is 3.52. The van der Waals surface area contributed by atoms with Gasteiger partial charge in [-0.05, 0) is 12.1 Å². The van der Waals surface area contributed by atoms with E-state index < -0.39 is 33.6 Å². The quantitative estimate of drug-likeness (QED) is 0.782. The van der Waals surface area contributed by atoms with E-state index in [1.807, 2.05) is 0 Å². The molecule has 1 heterocycles. The highest BCUT2D eigenvalue weighted by Gasteiger charge is 2.36. The summed E-state index contributed by atoms with van der Waals surface area (Å²) in [6, 6.07) is 1.94. The van der Waals surface area contributed by atoms with Crippen molar-refractivity contribution in [1.29, 1.82) is 0 Å². The summed E-state index contributed by atoms with van der Waals surface area (Å²) in [7, 11) is -3.87. The van der Waals surface area contributed by atoms with E-state index in [0.29, 0.717) is 7.05 Å². The van der Waals surface area contributed by atoms with E-state index in [0.717, 1.165) is 18.3 Å². The lowest BCUT2D eigenvalue weighted by Crippen LogP contribution is -2.36. The van der Waals surface area contributed by atoms with Gasteiger partial charge in [-0.15, -0.1) is 0 Å². The minimum atomic E-state index is -4.70. The molecule has 0 saturated carbocycles. The van der Waals surface area contributed by atoms with Gasteiger partial charge in [0.1, 0.15) is 6.54 Å². The maximum Gasteiger partial charge on any atom is 0.402 e. The smallest absolute Gasteiger partial charge is 0.241 e. The largest absolute Gasteiger partial charge is 0.402 e. The molecule has 0 saturated heterocycles. The van der Waals surface area contributed by atoms with Crippen LogP contribution in [-0.2, 0) is 10.0 Å². The highest BCUT2D eigenvalue weighted by molar-refractivity contribution is 7.89. The van der Waals surface area contributed by atoms with Gasteiger partial charge in [-0.2, -0.15) is 17.5 Å². The summed E-state index contributed by atoms with van der Waals surface area (Å²) in [4.78, 5) is 3.23. The van der Waals surface area contributed by atoms with Gasteiger partial charge >= 0.3 is 6.18 Å². The summed E-state index contributed by atoms with van der Waals surface area (Å²) in [5.41, 5.74) is 0. The van der Waals surface area contributed by atoms with Crippen molar-refractivity contribution >= 4 is 10.0 Å². The van der Waals surface area contributed by atoms with Gasteiger partial charge in [0.05, 0.1) is 0 Å². The second-order valence-corrected chi connectivity index (χ2v) is 5.13. The van der Waals surface area contributed by atoms with Gasteiger partial charge in [0.15, 0.2) is 5.82 Å². The Morgan fingerprint density at radius 3 is 2.47 bits per heavy atom. The van der Waals surface area contributed by atoms with Crippen LogP contribution >= 0.6 is 0 Å². The standard InChI is InChI=1S/C8H8F4N2O2S/c1-14(5-8(10,11)12)17(15,16)7-6(9)3-2-4-13-7/h2-4H,5H2,1H3. The third kappa shape index (κ3) is 3.37. The molecular formula is C8H8F4N2O2S. The number of sulfonamides is 1. The zero-order valence-electron chi connectivity index (χ0n) is 8.57. The molecule has 96 valence electrons. The predicted octanol–water partition coefficient (Wildman–Crippen LogP) is 1.40. The van der Waals surface area contributed by atoms with Crippen molar-refractivity contribution in [3.8, 4) is 0 Å². The van der Waals surface area contributed by atoms with Crippen molar-refractivity contribution in [2.24, 2.45) is 0 Å². The molecule has 0 bridgehead atoms. The first-order valence-corrected chi connectivity index (χ1v) is 5.72. The minimum absolute atomic E-state index is 0.00157. The Labute approximate surface area is 94.9 Å². The number of nitrogens with zero attached hydrogens (tertiary/aromatic N) is 2. The van der Waals surface area contributed by atoms with Crippen LogP contribution in [-0.4, -0.2) is 37.5 Å². The normalized spacial score (nSPS) is 13.1. The zero-order chi connectivity index (χ0) is 13.3. The fraction of sp³-hybridized carbons (Fsp3) is 0.375. The Bertz CT molecular complexity index is 500. The first-order valence-electron chi connectivity index (χ1n) is 4.28. The van der Waals surface area contributed by atoms with Crippen molar-refractivity contribution in [2.75, 3.05) is 13.6 Å². The molecule has 1 aromatic heterocycles. The van der Waals surface area contributed by atoms with Gasteiger partial charge in [-0.3, -0.25) is 0 Å². The second kappa shape index (κ2) is 4.57. The van der Waals surface area contributed by atoms with Crippen molar-refractivity contribution < 1.29 is 26.0 Å². The Morgan fingerprint density at radius 2 is 2.00 bits per heavy atom. The molecule has 0 aliphatic carbocycles. The molecule has 0 atom stereocenters. The lowest BCUT2D eigenvalue weighted by molar-refractivity contribution is -0.134. The fourth-order valence-corrected chi connectivity index (χ4v) is 2.17. The lowest BCUT2D eigenvalue weighted by atomic mass is 10.5. The van der Waals surface area contributed by atoms with E-state index in [1.165, 1.54) is 0 Å². The van der Waals surface area contributed by atoms with E-state index in [-0.39, 0.29) is 4.31 Å². The number of alkyl halides is 3. The van der Waals surface area contributed by atoms with Crippen LogP contribution in [0, 0.1) is 5.82 Å². The van der Waals surface area contributed by atoms with Crippen LogP contribution in [0.4, 0.5) is 17.6 Å². The molecule has 0 radical (unpaired) electrons. The number of halogens is 4. The number of hydrogen-bond donors (Lipinski definition) is 0. The average molecular weight is 272 g/mol. The van der Waals surface area contributed by atoms with E-state index >= 15 is 0 Å². The Kier molecular flexibility index (Phi) is 3.72. The topological polar surface area (TPSA) is 50.3 Å². The molecule has 1 aromatic rings. The molecule has 0 N–H and O–H groups in total. The molecule has 9 heteroatoms. The highest BCUT2D eigenvalue weighted by Crippen LogP contribution is 2.21. The summed E-state index contributed by atoms with van der Waals surface area (Å²) in [5.74, 6) is -1.19. The molecule has 1 rings (SSSR count). The minimum Gasteiger partial charge on any atom is -0.241 e. The zero-order valence-corrected chi connectivity index (χ0v) is 9.39. The monoisotopic (exact) mass is 272 g/mol. The summed E-state index contributed by atoms with van der Waals surface area (Å²) in [5, 5.41) is -1.02. The van der Waals surface area contributed by atoms with Crippen LogP contribution in [0.1, 0.15) is 0 Å². The summed E-state index contributed by atoms with van der Waals surface area (Å²) in [6.45, 7) is -1.70. The summed E-state index contributed by atoms with van der Waals surface area (Å²) in [6.07, 6.45) is -3.72. The second-order valence-electron chi connectivity index (χ2n) is 3.17. The van der Waals surface area contributed by atoms with Gasteiger partial charge in [0, 0.05) is 13.2 Å². The fourth-order valence-electron chi connectivity index (χ4n) is 1.05. The molecule has 4 nitrogen and oxygen atoms in total. The number of hydrogen-bond acceptors (Lipinski definition) is 3. The SMILES string of the molecule is CN(CC(F)(F)F)S(=O)(=O)c1ncccc1F. The molecule has 0 aliphatic heterocycles. The van der Waals surface area contributed by atoms with Gasteiger partial charge in [-0.1, -0.05) is 0 Å². The van der Waals surface area contributed by atoms with E-state index in [4.69, 9.17) is 0 Å². The van der Waals surface area contributed by atoms with Crippen LogP contribution in [0.25, 0.3) is 0 Å². The van der Waals surface area contributed by atoms with E-state index in [9.17, 15) is 26.0 Å². The van der Waals surface area contributed by atoms with Crippen LogP contribution < -0.4 is 0 Å². The van der Waals surface area contributed by atoms with Crippen LogP contribution in [0.5, 0.6) is 0 Å². The van der Waals surface area contributed by atoms with Gasteiger partial charge in [-0.25, -0.2) is 17.8 Å². The third-order valence-electron chi connectivity index (χ3n) is 1.78. The molecule has 0 spiro atoms. The van der Waals surface area contributed by atoms with Gasteiger partial charge < -0.3 is 0 Å². The van der Waals surface area contributed by atoms with Crippen molar-refractivity contribution in [2.45, 2.75) is 11.2 Å². The average Bonchev–Trinajstić information content (AvgIpc) is 2.15. The summed E-state index contributed by atoms with van der Waals surface area (Å²) < 4.78 is 72.3. The predicted molar refractivity (Wildman–Crippen MR) is 50.1 cm³/mol. The molecule has 0 aromatic carbocycles. The van der Waals surface area contributed by atoms with Gasteiger partial charge in [0.25, 0.3) is 10.0 Å². The van der Waals surface area contributed by atoms with Crippen molar-refractivity contribution in [1.82, 2.24) is 9.29 Å². The maximum atomic E-state index is 13.1. The Hall–Kier alpha value is -1.22. The van der Waals surface area contributed by atoms with Crippen LogP contribution in [0.3, 0.4) is 0 Å². The molecule has 0 amide bonds. The van der Waals surface area contributed by atoms with Gasteiger partial charge in [0.2, 0.25) is 5.03 Å². The van der Waals surface area contributed by atoms with E-state index in [2.05, 4.69) is 4.98 Å². The summed E-state index contributed by atoms with van der Waals surface area (Å²) >= 11 is 0. The highest BCUT2D eigenvalue weighted by atomic mass is 32.2. The molecular weight excluding hydrogens is 264 g/mol. The number of rotatable bonds is 3. The first kappa shape index (κ1) is 13.8. The number of pyridine rings is 1. The van der Waals surface area contributed by atoms with Crippen molar-refractivity contribution in [3.05, 3.63) is 24.1 Å². The van der Waals surface area contributed by atoms with Crippen LogP contribution in [0.2, 0.25) is 0 Å². The molecule has 17 heavy (non-hydrogen) atoms. The lowest BCUT2D eigenvalue weighted by Gasteiger charge is -2.18. The van der Waals surface area contributed by atoms with E-state index in [1.54, 1.807) is 0 Å². The molecule has 0 fully saturated rings. The van der Waals surface area contributed by atoms with Crippen molar-refractivity contribution in [3.63, 3.8) is 0 Å². The Balaban J connectivity index is 3.09. The Morgan fingerprint density at radius 1 is 1.41 bits per heavy atom. The first-order chi connectivity index (χ1) is 7.64. The molecule has 0 aliphatic rings.